The molecule has 2 heterocycles. The highest BCUT2D eigenvalue weighted by atomic mass is 32.2. The molecule has 1 fully saturated rings. The molecule has 1 aliphatic heterocycles. The average molecular weight is 291 g/mol. The van der Waals surface area contributed by atoms with Crippen LogP contribution in [0.25, 0.3) is 0 Å². The maximum Gasteiger partial charge on any atom is 0.345 e. The zero-order valence-corrected chi connectivity index (χ0v) is 11.1. The molecule has 2 N–H and O–H groups in total. The number of rotatable bonds is 3. The summed E-state index contributed by atoms with van der Waals surface area (Å²) in [5, 5.41) is 18.3. The number of piperidine rings is 1. The van der Waals surface area contributed by atoms with Gasteiger partial charge in [0.05, 0.1) is 6.10 Å². The van der Waals surface area contributed by atoms with Crippen molar-refractivity contribution in [1.82, 2.24) is 4.31 Å². The van der Waals surface area contributed by atoms with E-state index in [0.717, 1.165) is 11.3 Å². The number of carbonyl (C=O) groups is 1. The van der Waals surface area contributed by atoms with E-state index in [1.807, 2.05) is 0 Å². The summed E-state index contributed by atoms with van der Waals surface area (Å²) in [4.78, 5) is 10.7. The van der Waals surface area contributed by atoms with E-state index in [1.54, 1.807) is 0 Å². The van der Waals surface area contributed by atoms with Gasteiger partial charge in [-0.05, 0) is 25.0 Å². The third-order valence-corrected chi connectivity index (χ3v) is 6.15. The monoisotopic (exact) mass is 291 g/mol. The number of sulfonamides is 1. The number of β-amino-alcohol motifs (C(OH)–C–C–N with tert-alkyl or cyclic N) is 1. The molecular weight excluding hydrogens is 278 g/mol. The second-order valence-corrected chi connectivity index (χ2v) is 7.33. The predicted octanol–water partition coefficient (Wildman–Crippen LogP) is 0.592. The summed E-state index contributed by atoms with van der Waals surface area (Å²) in [5.74, 6) is -1.14. The van der Waals surface area contributed by atoms with Gasteiger partial charge < -0.3 is 10.2 Å². The smallest absolute Gasteiger partial charge is 0.345 e. The first-order chi connectivity index (χ1) is 8.41. The van der Waals surface area contributed by atoms with Crippen molar-refractivity contribution in [3.05, 3.63) is 17.0 Å². The van der Waals surface area contributed by atoms with Gasteiger partial charge in [-0.2, -0.15) is 4.31 Å². The Balaban J connectivity index is 2.26. The highest BCUT2D eigenvalue weighted by Crippen LogP contribution is 2.27. The fourth-order valence-electron chi connectivity index (χ4n) is 1.84. The number of aliphatic hydroxyl groups is 1. The van der Waals surface area contributed by atoms with Crippen molar-refractivity contribution >= 4 is 27.3 Å². The van der Waals surface area contributed by atoms with Gasteiger partial charge in [-0.1, -0.05) is 0 Å². The molecule has 0 radical (unpaired) electrons. The van der Waals surface area contributed by atoms with E-state index in [4.69, 9.17) is 5.11 Å². The molecule has 100 valence electrons. The van der Waals surface area contributed by atoms with Gasteiger partial charge in [-0.25, -0.2) is 13.2 Å². The van der Waals surface area contributed by atoms with Crippen LogP contribution in [0.3, 0.4) is 0 Å². The molecule has 1 atom stereocenters. The van der Waals surface area contributed by atoms with Crippen LogP contribution in [0.5, 0.6) is 0 Å². The van der Waals surface area contributed by atoms with E-state index >= 15 is 0 Å². The summed E-state index contributed by atoms with van der Waals surface area (Å²) in [6.07, 6.45) is 0.557. The van der Waals surface area contributed by atoms with Gasteiger partial charge in [0.1, 0.15) is 9.09 Å². The summed E-state index contributed by atoms with van der Waals surface area (Å²) in [5.41, 5.74) is 0. The van der Waals surface area contributed by atoms with Crippen LogP contribution in [0.4, 0.5) is 0 Å². The molecule has 1 unspecified atom stereocenters. The molecule has 0 spiro atoms. The molecule has 0 amide bonds. The molecule has 0 aromatic carbocycles. The molecule has 1 saturated heterocycles. The molecule has 0 aliphatic carbocycles. The molecule has 18 heavy (non-hydrogen) atoms. The topological polar surface area (TPSA) is 94.9 Å². The number of aliphatic hydroxyl groups excluding tert-OH is 1. The molecule has 1 aromatic heterocycles. The van der Waals surface area contributed by atoms with Crippen LogP contribution in [0.15, 0.2) is 16.3 Å². The van der Waals surface area contributed by atoms with Crippen LogP contribution >= 0.6 is 11.3 Å². The lowest BCUT2D eigenvalue weighted by Crippen LogP contribution is -2.41. The number of hydrogen-bond donors (Lipinski definition) is 2. The lowest BCUT2D eigenvalue weighted by Gasteiger charge is -2.28. The lowest BCUT2D eigenvalue weighted by molar-refractivity contribution is 0.0702. The maximum absolute atomic E-state index is 12.2. The number of carboxylic acid groups (broad SMARTS) is 1. The largest absolute Gasteiger partial charge is 0.477 e. The quantitative estimate of drug-likeness (QED) is 0.850. The molecule has 0 bridgehead atoms. The second-order valence-electron chi connectivity index (χ2n) is 4.08. The molecular formula is C10H13NO5S2. The first-order valence-electron chi connectivity index (χ1n) is 5.42. The fraction of sp³-hybridized carbons (Fsp3) is 0.500. The summed E-state index contributed by atoms with van der Waals surface area (Å²) >= 11 is 0.732. The van der Waals surface area contributed by atoms with E-state index in [2.05, 4.69) is 0 Å². The highest BCUT2D eigenvalue weighted by Gasteiger charge is 2.30. The second kappa shape index (κ2) is 4.96. The van der Waals surface area contributed by atoms with Crippen molar-refractivity contribution in [2.75, 3.05) is 13.1 Å². The first kappa shape index (κ1) is 13.5. The van der Waals surface area contributed by atoms with Crippen LogP contribution in [-0.2, 0) is 10.0 Å². The van der Waals surface area contributed by atoms with Crippen molar-refractivity contribution in [2.45, 2.75) is 23.2 Å². The van der Waals surface area contributed by atoms with Crippen LogP contribution in [0.1, 0.15) is 22.5 Å². The van der Waals surface area contributed by atoms with Crippen LogP contribution in [0.2, 0.25) is 0 Å². The molecule has 8 heteroatoms. The van der Waals surface area contributed by atoms with Crippen molar-refractivity contribution in [2.24, 2.45) is 0 Å². The summed E-state index contributed by atoms with van der Waals surface area (Å²) in [7, 11) is -3.68. The van der Waals surface area contributed by atoms with Gasteiger partial charge in [0, 0.05) is 13.1 Å². The van der Waals surface area contributed by atoms with Crippen molar-refractivity contribution in [3.8, 4) is 0 Å². The number of nitrogens with zero attached hydrogens (tertiary/aromatic N) is 1. The van der Waals surface area contributed by atoms with Crippen LogP contribution in [0, 0.1) is 0 Å². The Hall–Kier alpha value is -0.960. The van der Waals surface area contributed by atoms with Gasteiger partial charge in [0.2, 0.25) is 0 Å². The number of hydrogen-bond acceptors (Lipinski definition) is 5. The maximum atomic E-state index is 12.2. The van der Waals surface area contributed by atoms with E-state index in [-0.39, 0.29) is 15.6 Å². The fourth-order valence-corrected chi connectivity index (χ4v) is 4.66. The summed E-state index contributed by atoms with van der Waals surface area (Å²) < 4.78 is 25.6. The van der Waals surface area contributed by atoms with Gasteiger partial charge in [-0.15, -0.1) is 11.3 Å². The Bertz CT molecular complexity index is 550. The van der Waals surface area contributed by atoms with Gasteiger partial charge in [-0.3, -0.25) is 0 Å². The molecule has 1 aromatic rings. The van der Waals surface area contributed by atoms with Gasteiger partial charge in [0.15, 0.2) is 0 Å². The third kappa shape index (κ3) is 2.56. The van der Waals surface area contributed by atoms with Crippen LogP contribution in [-0.4, -0.2) is 48.1 Å². The SMILES string of the molecule is O=C(O)c1ccc(S(=O)(=O)N2CCCC(O)C2)s1. The lowest BCUT2D eigenvalue weighted by atomic mass is 10.1. The molecule has 1 aliphatic rings. The summed E-state index contributed by atoms with van der Waals surface area (Å²) in [6.45, 7) is 0.433. The first-order valence-corrected chi connectivity index (χ1v) is 7.68. The highest BCUT2D eigenvalue weighted by molar-refractivity contribution is 7.91. The number of carboxylic acids is 1. The van der Waals surface area contributed by atoms with Crippen molar-refractivity contribution in [3.63, 3.8) is 0 Å². The Morgan fingerprint density at radius 3 is 2.72 bits per heavy atom. The van der Waals surface area contributed by atoms with E-state index < -0.39 is 22.1 Å². The number of aromatic carboxylic acids is 1. The van der Waals surface area contributed by atoms with Crippen molar-refractivity contribution < 1.29 is 23.4 Å². The summed E-state index contributed by atoms with van der Waals surface area (Å²) in [6, 6.07) is 2.57. The zero-order valence-electron chi connectivity index (χ0n) is 9.44. The molecule has 6 nitrogen and oxygen atoms in total. The van der Waals surface area contributed by atoms with E-state index in [1.165, 1.54) is 16.4 Å². The Kier molecular flexibility index (Phi) is 3.71. The number of thiophene rings is 1. The van der Waals surface area contributed by atoms with E-state index in [0.29, 0.717) is 19.4 Å². The Morgan fingerprint density at radius 2 is 2.17 bits per heavy atom. The van der Waals surface area contributed by atoms with Crippen LogP contribution < -0.4 is 0 Å². The Morgan fingerprint density at radius 1 is 1.44 bits per heavy atom. The molecule has 0 saturated carbocycles. The predicted molar refractivity (Wildman–Crippen MR) is 65.3 cm³/mol. The molecule has 2 rings (SSSR count). The minimum atomic E-state index is -3.68. The standard InChI is InChI=1S/C10H13NO5S2/c12-7-2-1-5-11(6-7)18(15,16)9-4-3-8(17-9)10(13)14/h3-4,7,12H,1-2,5-6H2,(H,13,14). The zero-order chi connectivity index (χ0) is 13.3. The van der Waals surface area contributed by atoms with E-state index in [9.17, 15) is 18.3 Å². The van der Waals surface area contributed by atoms with Gasteiger partial charge >= 0.3 is 5.97 Å². The minimum absolute atomic E-state index is 0.00821. The van der Waals surface area contributed by atoms with Gasteiger partial charge in [0.25, 0.3) is 10.0 Å². The average Bonchev–Trinajstić information content (AvgIpc) is 2.79. The Labute approximate surface area is 109 Å². The van der Waals surface area contributed by atoms with Crippen molar-refractivity contribution in [1.29, 1.82) is 0 Å². The third-order valence-electron chi connectivity index (χ3n) is 2.75. The normalized spacial score (nSPS) is 21.9. The minimum Gasteiger partial charge on any atom is -0.477 e.